The van der Waals surface area contributed by atoms with E-state index in [0.717, 1.165) is 6.54 Å². The molecule has 0 saturated carbocycles. The predicted molar refractivity (Wildman–Crippen MR) is 63.8 cm³/mol. The highest BCUT2D eigenvalue weighted by Crippen LogP contribution is 2.21. The fraction of sp³-hybridized carbons (Fsp3) is 0.538. The van der Waals surface area contributed by atoms with Crippen LogP contribution in [0.3, 0.4) is 0 Å². The van der Waals surface area contributed by atoms with Crippen molar-refractivity contribution in [3.63, 3.8) is 0 Å². The Kier molecular flexibility index (Phi) is 4.79. The van der Waals surface area contributed by atoms with Crippen molar-refractivity contribution in [2.24, 2.45) is 0 Å². The molecule has 2 nitrogen and oxygen atoms in total. The van der Waals surface area contributed by atoms with Crippen molar-refractivity contribution in [2.45, 2.75) is 32.9 Å². The molecule has 0 aliphatic rings. The van der Waals surface area contributed by atoms with Crippen molar-refractivity contribution in [1.82, 2.24) is 4.90 Å². The SMILES string of the molecule is CCN(C(C)C)[C@@H](CO)c1ccccc1. The molecule has 1 rings (SSSR count). The lowest BCUT2D eigenvalue weighted by Crippen LogP contribution is -2.36. The molecule has 2 heteroatoms. The highest BCUT2D eigenvalue weighted by atomic mass is 16.3. The van der Waals surface area contributed by atoms with Crippen LogP contribution in [0.15, 0.2) is 30.3 Å². The summed E-state index contributed by atoms with van der Waals surface area (Å²) in [5.41, 5.74) is 1.19. The Morgan fingerprint density at radius 1 is 1.20 bits per heavy atom. The van der Waals surface area contributed by atoms with Gasteiger partial charge in [-0.25, -0.2) is 0 Å². The fourth-order valence-electron chi connectivity index (χ4n) is 2.02. The summed E-state index contributed by atoms with van der Waals surface area (Å²) >= 11 is 0. The van der Waals surface area contributed by atoms with Crippen LogP contribution in [0.1, 0.15) is 32.4 Å². The number of benzene rings is 1. The molecular weight excluding hydrogens is 186 g/mol. The molecule has 1 atom stereocenters. The van der Waals surface area contributed by atoms with Crippen molar-refractivity contribution in [3.8, 4) is 0 Å². The molecule has 1 aromatic carbocycles. The van der Waals surface area contributed by atoms with E-state index in [2.05, 4.69) is 37.8 Å². The van der Waals surface area contributed by atoms with Gasteiger partial charge < -0.3 is 5.11 Å². The average Bonchev–Trinajstić information content (AvgIpc) is 2.26. The Bertz CT molecular complexity index is 271. The smallest absolute Gasteiger partial charge is 0.0628 e. The van der Waals surface area contributed by atoms with Gasteiger partial charge in [0.05, 0.1) is 12.6 Å². The molecule has 0 spiro atoms. The quantitative estimate of drug-likeness (QED) is 0.801. The summed E-state index contributed by atoms with van der Waals surface area (Å²) in [6.45, 7) is 7.59. The Labute approximate surface area is 92.5 Å². The van der Waals surface area contributed by atoms with E-state index in [1.807, 2.05) is 18.2 Å². The van der Waals surface area contributed by atoms with Gasteiger partial charge >= 0.3 is 0 Å². The lowest BCUT2D eigenvalue weighted by Gasteiger charge is -2.33. The van der Waals surface area contributed by atoms with Crippen LogP contribution in [0.25, 0.3) is 0 Å². The molecular formula is C13H21NO. The highest BCUT2D eigenvalue weighted by Gasteiger charge is 2.20. The van der Waals surface area contributed by atoms with Gasteiger partial charge in [0, 0.05) is 6.04 Å². The lowest BCUT2D eigenvalue weighted by molar-refractivity contribution is 0.101. The van der Waals surface area contributed by atoms with Gasteiger partial charge in [0.15, 0.2) is 0 Å². The minimum atomic E-state index is 0.121. The van der Waals surface area contributed by atoms with Gasteiger partial charge in [-0.2, -0.15) is 0 Å². The van der Waals surface area contributed by atoms with E-state index in [4.69, 9.17) is 0 Å². The molecule has 84 valence electrons. The van der Waals surface area contributed by atoms with Gasteiger partial charge in [0.1, 0.15) is 0 Å². The first kappa shape index (κ1) is 12.2. The third kappa shape index (κ3) is 3.05. The van der Waals surface area contributed by atoms with E-state index in [9.17, 15) is 5.11 Å². The molecule has 0 saturated heterocycles. The van der Waals surface area contributed by atoms with Gasteiger partial charge in [-0.1, -0.05) is 37.3 Å². The van der Waals surface area contributed by atoms with Crippen LogP contribution in [-0.4, -0.2) is 29.2 Å². The molecule has 1 aromatic rings. The second-order valence-electron chi connectivity index (χ2n) is 4.03. The van der Waals surface area contributed by atoms with Crippen LogP contribution in [-0.2, 0) is 0 Å². The molecule has 0 radical (unpaired) electrons. The topological polar surface area (TPSA) is 23.5 Å². The molecule has 1 N–H and O–H groups in total. The summed E-state index contributed by atoms with van der Waals surface area (Å²) < 4.78 is 0. The Balaban J connectivity index is 2.87. The second kappa shape index (κ2) is 5.89. The van der Waals surface area contributed by atoms with E-state index >= 15 is 0 Å². The zero-order valence-electron chi connectivity index (χ0n) is 9.85. The van der Waals surface area contributed by atoms with Crippen molar-refractivity contribution in [3.05, 3.63) is 35.9 Å². The predicted octanol–water partition coefficient (Wildman–Crippen LogP) is 2.45. The van der Waals surface area contributed by atoms with E-state index in [1.165, 1.54) is 5.56 Å². The Morgan fingerprint density at radius 2 is 1.80 bits per heavy atom. The normalized spacial score (nSPS) is 13.5. The van der Waals surface area contributed by atoms with Crippen LogP contribution in [0.5, 0.6) is 0 Å². The molecule has 0 aliphatic heterocycles. The summed E-state index contributed by atoms with van der Waals surface area (Å²) in [5, 5.41) is 9.49. The first-order chi connectivity index (χ1) is 7.20. The van der Waals surface area contributed by atoms with Gasteiger partial charge in [0.2, 0.25) is 0 Å². The van der Waals surface area contributed by atoms with Gasteiger partial charge in [-0.05, 0) is 26.0 Å². The van der Waals surface area contributed by atoms with E-state index in [1.54, 1.807) is 0 Å². The van der Waals surface area contributed by atoms with E-state index in [-0.39, 0.29) is 12.6 Å². The van der Waals surface area contributed by atoms with Crippen LogP contribution >= 0.6 is 0 Å². The van der Waals surface area contributed by atoms with Crippen molar-refractivity contribution in [2.75, 3.05) is 13.2 Å². The Hall–Kier alpha value is -0.860. The summed E-state index contributed by atoms with van der Waals surface area (Å²) in [5.74, 6) is 0. The lowest BCUT2D eigenvalue weighted by atomic mass is 10.0. The molecule has 15 heavy (non-hydrogen) atoms. The monoisotopic (exact) mass is 207 g/mol. The maximum atomic E-state index is 9.49. The number of nitrogens with zero attached hydrogens (tertiary/aromatic N) is 1. The van der Waals surface area contributed by atoms with Gasteiger partial charge in [-0.3, -0.25) is 4.90 Å². The number of rotatable bonds is 5. The molecule has 0 aliphatic carbocycles. The Morgan fingerprint density at radius 3 is 2.20 bits per heavy atom. The first-order valence-electron chi connectivity index (χ1n) is 5.62. The second-order valence-corrected chi connectivity index (χ2v) is 4.03. The van der Waals surface area contributed by atoms with Gasteiger partial charge in [-0.15, -0.1) is 0 Å². The third-order valence-electron chi connectivity index (χ3n) is 2.79. The first-order valence-corrected chi connectivity index (χ1v) is 5.62. The number of likely N-dealkylation sites (N-methyl/N-ethyl adjacent to an activating group) is 1. The molecule has 0 fully saturated rings. The van der Waals surface area contributed by atoms with Crippen molar-refractivity contribution < 1.29 is 5.11 Å². The number of aliphatic hydroxyl groups is 1. The summed E-state index contributed by atoms with van der Waals surface area (Å²) in [6, 6.07) is 10.8. The minimum absolute atomic E-state index is 0.121. The van der Waals surface area contributed by atoms with Crippen LogP contribution in [0.2, 0.25) is 0 Å². The minimum Gasteiger partial charge on any atom is -0.394 e. The molecule has 0 amide bonds. The zero-order valence-corrected chi connectivity index (χ0v) is 9.85. The number of hydrogen-bond donors (Lipinski definition) is 1. The van der Waals surface area contributed by atoms with E-state index < -0.39 is 0 Å². The third-order valence-corrected chi connectivity index (χ3v) is 2.79. The van der Waals surface area contributed by atoms with Gasteiger partial charge in [0.25, 0.3) is 0 Å². The van der Waals surface area contributed by atoms with Crippen LogP contribution in [0.4, 0.5) is 0 Å². The number of aliphatic hydroxyl groups excluding tert-OH is 1. The maximum Gasteiger partial charge on any atom is 0.0628 e. The fourth-order valence-corrected chi connectivity index (χ4v) is 2.02. The summed E-state index contributed by atoms with van der Waals surface area (Å²) in [4.78, 5) is 2.30. The average molecular weight is 207 g/mol. The van der Waals surface area contributed by atoms with E-state index in [0.29, 0.717) is 6.04 Å². The highest BCUT2D eigenvalue weighted by molar-refractivity contribution is 5.19. The van der Waals surface area contributed by atoms with Crippen LogP contribution < -0.4 is 0 Å². The molecule has 0 aromatic heterocycles. The van der Waals surface area contributed by atoms with Crippen LogP contribution in [0, 0.1) is 0 Å². The summed E-state index contributed by atoms with van der Waals surface area (Å²) in [7, 11) is 0. The summed E-state index contributed by atoms with van der Waals surface area (Å²) in [6.07, 6.45) is 0. The standard InChI is InChI=1S/C13H21NO/c1-4-14(11(2)3)13(10-15)12-8-6-5-7-9-12/h5-9,11,13,15H,4,10H2,1-3H3/t13-/m0/s1. The molecule has 0 bridgehead atoms. The number of hydrogen-bond acceptors (Lipinski definition) is 2. The molecule has 0 heterocycles. The largest absolute Gasteiger partial charge is 0.394 e. The van der Waals surface area contributed by atoms with Crippen molar-refractivity contribution >= 4 is 0 Å². The maximum absolute atomic E-state index is 9.49. The van der Waals surface area contributed by atoms with Crippen molar-refractivity contribution in [1.29, 1.82) is 0 Å². The molecule has 0 unspecified atom stereocenters. The zero-order chi connectivity index (χ0) is 11.3.